The number of nitrogens with zero attached hydrogens (tertiary/aromatic N) is 2. The van der Waals surface area contributed by atoms with Gasteiger partial charge in [-0.2, -0.15) is 0 Å². The molecule has 0 fully saturated rings. The maximum absolute atomic E-state index is 5.14. The molecule has 0 saturated heterocycles. The van der Waals surface area contributed by atoms with Crippen LogP contribution >= 0.6 is 0 Å². The number of imidazole rings is 1. The molecule has 1 unspecified atom stereocenters. The second-order valence-electron chi connectivity index (χ2n) is 12.0. The third-order valence-corrected chi connectivity index (χ3v) is 9.53. The summed E-state index contributed by atoms with van der Waals surface area (Å²) in [5.74, 6) is 0.308. The maximum Gasteiger partial charge on any atom is 0.146 e. The summed E-state index contributed by atoms with van der Waals surface area (Å²) < 4.78 is 2.38. The molecule has 4 aromatic carbocycles. The highest BCUT2D eigenvalue weighted by Gasteiger charge is 2.36. The predicted molar refractivity (Wildman–Crippen MR) is 167 cm³/mol. The summed E-state index contributed by atoms with van der Waals surface area (Å²) in [6.45, 7) is 5.59. The van der Waals surface area contributed by atoms with E-state index in [1.54, 1.807) is 0 Å². The smallest absolute Gasteiger partial charge is 0.146 e. The van der Waals surface area contributed by atoms with Gasteiger partial charge in [0.25, 0.3) is 0 Å². The molecule has 1 N–H and O–H groups in total. The van der Waals surface area contributed by atoms with Gasteiger partial charge in [0, 0.05) is 28.7 Å². The van der Waals surface area contributed by atoms with Crippen molar-refractivity contribution in [3.05, 3.63) is 125 Å². The number of pyridine rings is 1. The van der Waals surface area contributed by atoms with E-state index in [-0.39, 0.29) is 5.41 Å². The Hall–Kier alpha value is -4.63. The van der Waals surface area contributed by atoms with Crippen LogP contribution in [0, 0.1) is 0 Å². The fourth-order valence-electron chi connectivity index (χ4n) is 7.57. The third kappa shape index (κ3) is 2.82. The normalized spacial score (nSPS) is 18.0. The minimum absolute atomic E-state index is 0.00212. The number of anilines is 1. The van der Waals surface area contributed by atoms with Crippen molar-refractivity contribution in [3.63, 3.8) is 0 Å². The Bertz CT molecular complexity index is 2120. The number of para-hydroxylation sites is 2. The number of fused-ring (bicyclic) bond motifs is 13. The van der Waals surface area contributed by atoms with Crippen molar-refractivity contribution >= 4 is 45.3 Å². The number of rotatable bonds is 1. The van der Waals surface area contributed by atoms with Crippen molar-refractivity contribution < 1.29 is 0 Å². The average Bonchev–Trinajstić information content (AvgIpc) is 3.50. The van der Waals surface area contributed by atoms with E-state index in [1.165, 1.54) is 66.6 Å². The second kappa shape index (κ2) is 7.73. The highest BCUT2D eigenvalue weighted by Crippen LogP contribution is 2.50. The van der Waals surface area contributed by atoms with E-state index < -0.39 is 0 Å². The van der Waals surface area contributed by atoms with Gasteiger partial charge in [-0.1, -0.05) is 92.7 Å². The van der Waals surface area contributed by atoms with Crippen LogP contribution in [0.15, 0.2) is 91.0 Å². The van der Waals surface area contributed by atoms with Crippen LogP contribution in [0.3, 0.4) is 0 Å². The van der Waals surface area contributed by atoms with E-state index in [9.17, 15) is 0 Å². The summed E-state index contributed by atoms with van der Waals surface area (Å²) in [6.07, 6.45) is 10.2. The van der Waals surface area contributed by atoms with Crippen LogP contribution in [0.1, 0.15) is 53.3 Å². The van der Waals surface area contributed by atoms with Crippen molar-refractivity contribution in [1.82, 2.24) is 9.38 Å². The monoisotopic (exact) mass is 515 g/mol. The zero-order valence-corrected chi connectivity index (χ0v) is 22.7. The number of aromatic nitrogens is 2. The summed E-state index contributed by atoms with van der Waals surface area (Å²) >= 11 is 0. The first kappa shape index (κ1) is 22.2. The number of benzene rings is 4. The molecule has 0 bridgehead atoms. The molecule has 40 heavy (non-hydrogen) atoms. The average molecular weight is 516 g/mol. The van der Waals surface area contributed by atoms with Gasteiger partial charge in [-0.15, -0.1) is 0 Å². The summed E-state index contributed by atoms with van der Waals surface area (Å²) in [7, 11) is 0. The molecular weight excluding hydrogens is 486 g/mol. The Morgan fingerprint density at radius 1 is 0.875 bits per heavy atom. The van der Waals surface area contributed by atoms with Crippen LogP contribution in [0.4, 0.5) is 5.69 Å². The van der Waals surface area contributed by atoms with Gasteiger partial charge in [-0.05, 0) is 69.6 Å². The van der Waals surface area contributed by atoms with Crippen LogP contribution in [-0.2, 0) is 11.8 Å². The Kier molecular flexibility index (Phi) is 4.29. The van der Waals surface area contributed by atoms with E-state index in [4.69, 9.17) is 4.98 Å². The van der Waals surface area contributed by atoms with Crippen LogP contribution in [0.25, 0.3) is 50.7 Å². The lowest BCUT2D eigenvalue weighted by Gasteiger charge is -2.27. The van der Waals surface area contributed by atoms with Gasteiger partial charge in [0.05, 0.1) is 22.4 Å². The molecular formula is C37H29N3. The van der Waals surface area contributed by atoms with Crippen molar-refractivity contribution in [2.45, 2.75) is 31.6 Å². The fraction of sp³-hybridized carbons (Fsp3) is 0.162. The van der Waals surface area contributed by atoms with E-state index in [0.29, 0.717) is 5.92 Å². The zero-order valence-electron chi connectivity index (χ0n) is 22.7. The first-order chi connectivity index (χ1) is 19.6. The van der Waals surface area contributed by atoms with E-state index in [1.807, 2.05) is 0 Å². The minimum Gasteiger partial charge on any atom is -0.381 e. The molecule has 0 spiro atoms. The maximum atomic E-state index is 5.14. The molecule has 3 nitrogen and oxygen atoms in total. The summed E-state index contributed by atoms with van der Waals surface area (Å²) in [4.78, 5) is 5.14. The van der Waals surface area contributed by atoms with Gasteiger partial charge in [-0.3, -0.25) is 4.40 Å². The Balaban J connectivity index is 1.27. The lowest BCUT2D eigenvalue weighted by Crippen LogP contribution is -2.16. The van der Waals surface area contributed by atoms with Gasteiger partial charge in [0.15, 0.2) is 0 Å². The van der Waals surface area contributed by atoms with Gasteiger partial charge < -0.3 is 5.32 Å². The first-order valence-corrected chi connectivity index (χ1v) is 14.3. The quantitative estimate of drug-likeness (QED) is 0.237. The molecule has 0 amide bonds. The van der Waals surface area contributed by atoms with Crippen molar-refractivity contribution in [1.29, 1.82) is 0 Å². The van der Waals surface area contributed by atoms with Crippen molar-refractivity contribution in [2.75, 3.05) is 11.9 Å². The number of nitrogens with one attached hydrogen (secondary N) is 1. The topological polar surface area (TPSA) is 29.3 Å². The molecule has 1 atom stereocenters. The van der Waals surface area contributed by atoms with Crippen LogP contribution in [0.2, 0.25) is 0 Å². The largest absolute Gasteiger partial charge is 0.381 e. The predicted octanol–water partition coefficient (Wildman–Crippen LogP) is 8.74. The number of hydrogen-bond donors (Lipinski definition) is 1. The number of hydrogen-bond acceptors (Lipinski definition) is 2. The summed E-state index contributed by atoms with van der Waals surface area (Å²) in [6, 6.07) is 29.1. The molecule has 0 saturated carbocycles. The molecule has 6 aromatic rings. The van der Waals surface area contributed by atoms with Gasteiger partial charge in [-0.25, -0.2) is 4.98 Å². The molecule has 2 aliphatic carbocycles. The van der Waals surface area contributed by atoms with Gasteiger partial charge in [0.1, 0.15) is 5.65 Å². The van der Waals surface area contributed by atoms with Crippen molar-refractivity contribution in [3.8, 4) is 11.1 Å². The Morgan fingerprint density at radius 2 is 1.73 bits per heavy atom. The van der Waals surface area contributed by atoms with E-state index >= 15 is 0 Å². The molecule has 3 heterocycles. The first-order valence-electron chi connectivity index (χ1n) is 14.3. The summed E-state index contributed by atoms with van der Waals surface area (Å²) in [5.41, 5.74) is 15.4. The van der Waals surface area contributed by atoms with Crippen LogP contribution in [-0.4, -0.2) is 15.9 Å². The van der Waals surface area contributed by atoms with Gasteiger partial charge >= 0.3 is 0 Å². The molecule has 9 rings (SSSR count). The fourth-order valence-corrected chi connectivity index (χ4v) is 7.57. The highest BCUT2D eigenvalue weighted by molar-refractivity contribution is 6.10. The lowest BCUT2D eigenvalue weighted by molar-refractivity contribution is 0.658. The standard InChI is InChI=1S/C37H29N3/c1-37(2)29-10-4-3-9-25(29)26-16-14-24(21-30(26)37)23-15-18-32-28(20-23)34-27(17-13-22-8-7-19-38-35(22)34)36-39-31-11-5-6-12-33(31)40(32)36/h3-18,21,23,38H,19-20H2,1-2H3. The minimum atomic E-state index is 0.00212. The molecule has 2 aromatic heterocycles. The highest BCUT2D eigenvalue weighted by atomic mass is 15.0. The molecule has 0 radical (unpaired) electrons. The molecule has 3 aliphatic rings. The SMILES string of the molecule is CC1(C)c2ccccc2-c2ccc(C3C=Cc4c(c5c6c(ccc5c5nc7ccccc7n45)C=CCN6)C3)cc21. The Morgan fingerprint density at radius 3 is 2.67 bits per heavy atom. The third-order valence-electron chi connectivity index (χ3n) is 9.53. The van der Waals surface area contributed by atoms with Crippen LogP contribution in [0.5, 0.6) is 0 Å². The van der Waals surface area contributed by atoms with Crippen LogP contribution < -0.4 is 5.32 Å². The zero-order chi connectivity index (χ0) is 26.6. The van der Waals surface area contributed by atoms with Crippen molar-refractivity contribution in [2.24, 2.45) is 0 Å². The molecule has 192 valence electrons. The second-order valence-corrected chi connectivity index (χ2v) is 12.0. The van der Waals surface area contributed by atoms with Gasteiger partial charge in [0.2, 0.25) is 0 Å². The number of allylic oxidation sites excluding steroid dienone is 1. The summed E-state index contributed by atoms with van der Waals surface area (Å²) in [5, 5.41) is 6.26. The van der Waals surface area contributed by atoms with E-state index in [2.05, 4.69) is 127 Å². The lowest BCUT2D eigenvalue weighted by atomic mass is 9.79. The van der Waals surface area contributed by atoms with E-state index in [0.717, 1.165) is 24.1 Å². The molecule has 3 heteroatoms. The molecule has 1 aliphatic heterocycles. The Labute approximate surface area is 233 Å².